The number of aliphatic carboxylic acids is 1. The van der Waals surface area contributed by atoms with Crippen LogP contribution in [0, 0.1) is 0 Å². The Morgan fingerprint density at radius 1 is 0.405 bits per heavy atom. The second kappa shape index (κ2) is 35.8. The number of carboxylic acids is 1. The zero-order chi connectivity index (χ0) is 30.6. The molecule has 0 aliphatic carbocycles. The van der Waals surface area contributed by atoms with Gasteiger partial charge in [-0.25, -0.2) is 0 Å². The van der Waals surface area contributed by atoms with Gasteiger partial charge in [-0.3, -0.25) is 9.59 Å². The third-order valence-electron chi connectivity index (χ3n) is 5.38. The van der Waals surface area contributed by atoms with Crippen molar-refractivity contribution in [2.45, 2.75) is 51.9 Å². The van der Waals surface area contributed by atoms with E-state index in [1.54, 1.807) is 0 Å². The van der Waals surface area contributed by atoms with Crippen molar-refractivity contribution in [3.05, 3.63) is 0 Å². The van der Waals surface area contributed by atoms with Gasteiger partial charge in [0, 0.05) is 19.4 Å². The van der Waals surface area contributed by atoms with E-state index in [0.29, 0.717) is 119 Å². The number of carbonyl (C=O) groups excluding carboxylic acids is 1. The molecule has 0 atom stereocenters. The number of esters is 1. The topological polar surface area (TPSA) is 147 Å². The summed E-state index contributed by atoms with van der Waals surface area (Å²) in [6.45, 7) is 11.5. The van der Waals surface area contributed by atoms with Gasteiger partial charge in [-0.1, -0.05) is 19.8 Å². The molecule has 0 radical (unpaired) electrons. The predicted molar refractivity (Wildman–Crippen MR) is 154 cm³/mol. The molecular formula is C29H56O13. The summed E-state index contributed by atoms with van der Waals surface area (Å²) in [5.74, 6) is -1.20. The van der Waals surface area contributed by atoms with Gasteiger partial charge in [-0.05, 0) is 19.3 Å². The lowest BCUT2D eigenvalue weighted by Crippen LogP contribution is -2.15. The van der Waals surface area contributed by atoms with Gasteiger partial charge in [0.05, 0.1) is 112 Å². The molecule has 0 aromatic heterocycles. The first-order valence-corrected chi connectivity index (χ1v) is 15.2. The van der Waals surface area contributed by atoms with Crippen molar-refractivity contribution in [3.63, 3.8) is 0 Å². The van der Waals surface area contributed by atoms with Gasteiger partial charge in [-0.2, -0.15) is 0 Å². The second-order valence-electron chi connectivity index (χ2n) is 9.04. The molecule has 0 aromatic carbocycles. The van der Waals surface area contributed by atoms with Gasteiger partial charge in [0.25, 0.3) is 0 Å². The van der Waals surface area contributed by atoms with E-state index in [2.05, 4.69) is 6.92 Å². The lowest BCUT2D eigenvalue weighted by atomic mass is 10.2. The fourth-order valence-electron chi connectivity index (χ4n) is 3.15. The maximum Gasteiger partial charge on any atom is 0.305 e. The normalized spacial score (nSPS) is 11.3. The Morgan fingerprint density at radius 2 is 0.714 bits per heavy atom. The van der Waals surface area contributed by atoms with Crippen LogP contribution in [0.5, 0.6) is 0 Å². The average molecular weight is 613 g/mol. The number of carbonyl (C=O) groups is 2. The fourth-order valence-corrected chi connectivity index (χ4v) is 3.15. The molecule has 0 aromatic rings. The number of ether oxygens (including phenoxy) is 10. The summed E-state index contributed by atoms with van der Waals surface area (Å²) < 4.78 is 53.9. The Bertz CT molecular complexity index is 566. The molecule has 42 heavy (non-hydrogen) atoms. The van der Waals surface area contributed by atoms with Crippen molar-refractivity contribution in [1.82, 2.24) is 0 Å². The van der Waals surface area contributed by atoms with Crippen molar-refractivity contribution in [3.8, 4) is 0 Å². The first-order chi connectivity index (χ1) is 20.7. The summed E-state index contributed by atoms with van der Waals surface area (Å²) in [4.78, 5) is 21.9. The van der Waals surface area contributed by atoms with Crippen molar-refractivity contribution >= 4 is 11.9 Å². The average Bonchev–Trinajstić information content (AvgIpc) is 2.98. The van der Waals surface area contributed by atoms with E-state index in [0.717, 1.165) is 13.0 Å². The number of hydrogen-bond donors (Lipinski definition) is 1. The Kier molecular flexibility index (Phi) is 34.6. The zero-order valence-corrected chi connectivity index (χ0v) is 25.7. The van der Waals surface area contributed by atoms with Crippen LogP contribution in [-0.4, -0.2) is 143 Å². The second-order valence-corrected chi connectivity index (χ2v) is 9.04. The van der Waals surface area contributed by atoms with Gasteiger partial charge in [0.2, 0.25) is 0 Å². The van der Waals surface area contributed by atoms with Gasteiger partial charge in [0.1, 0.15) is 6.61 Å². The summed E-state index contributed by atoms with van der Waals surface area (Å²) in [6, 6.07) is 0. The molecule has 0 amide bonds. The number of rotatable bonds is 36. The molecule has 0 saturated heterocycles. The molecule has 13 nitrogen and oxygen atoms in total. The largest absolute Gasteiger partial charge is 0.481 e. The number of hydrogen-bond acceptors (Lipinski definition) is 12. The van der Waals surface area contributed by atoms with Crippen LogP contribution in [0.3, 0.4) is 0 Å². The van der Waals surface area contributed by atoms with E-state index in [1.165, 1.54) is 12.8 Å². The highest BCUT2D eigenvalue weighted by Crippen LogP contribution is 2.01. The van der Waals surface area contributed by atoms with Crippen LogP contribution < -0.4 is 0 Å². The summed E-state index contributed by atoms with van der Waals surface area (Å²) in [6.07, 6.45) is 4.77. The standard InChI is InChI=1S/C29H56O13/c1-2-3-6-9-33-10-11-34-12-13-35-14-15-36-16-17-37-18-19-38-20-21-39-22-23-40-24-25-41-26-27-42-29(32)8-5-4-7-28(30)31/h2-27H2,1H3,(H,30,31). The Balaban J connectivity index is 3.09. The van der Waals surface area contributed by atoms with E-state index < -0.39 is 5.97 Å². The van der Waals surface area contributed by atoms with Gasteiger partial charge in [-0.15, -0.1) is 0 Å². The molecule has 0 aliphatic rings. The third-order valence-corrected chi connectivity index (χ3v) is 5.38. The van der Waals surface area contributed by atoms with Gasteiger partial charge in [0.15, 0.2) is 0 Å². The van der Waals surface area contributed by atoms with Crippen LogP contribution in [0.2, 0.25) is 0 Å². The van der Waals surface area contributed by atoms with Crippen LogP contribution in [0.1, 0.15) is 51.9 Å². The highest BCUT2D eigenvalue weighted by molar-refractivity contribution is 5.69. The molecule has 0 rings (SSSR count). The molecule has 0 spiro atoms. The SMILES string of the molecule is CCCCCOCCOCCOCCOCCOCCOCCOCCOCCOCCOC(=O)CCCCC(=O)O. The lowest BCUT2D eigenvalue weighted by Gasteiger charge is -2.09. The Morgan fingerprint density at radius 3 is 1.05 bits per heavy atom. The Hall–Kier alpha value is -1.42. The summed E-state index contributed by atoms with van der Waals surface area (Å²) in [5.41, 5.74) is 0. The molecule has 0 heterocycles. The smallest absolute Gasteiger partial charge is 0.305 e. The molecule has 13 heteroatoms. The van der Waals surface area contributed by atoms with Crippen molar-refractivity contribution in [2.75, 3.05) is 126 Å². The summed E-state index contributed by atoms with van der Waals surface area (Å²) in [5, 5.41) is 8.54. The van der Waals surface area contributed by atoms with Crippen LogP contribution in [-0.2, 0) is 57.0 Å². The maximum atomic E-state index is 11.5. The first kappa shape index (κ1) is 40.6. The molecule has 0 aliphatic heterocycles. The third kappa shape index (κ3) is 36.6. The van der Waals surface area contributed by atoms with Crippen molar-refractivity contribution in [2.24, 2.45) is 0 Å². The summed E-state index contributed by atoms with van der Waals surface area (Å²) in [7, 11) is 0. The zero-order valence-electron chi connectivity index (χ0n) is 25.7. The van der Waals surface area contributed by atoms with Gasteiger partial charge < -0.3 is 52.5 Å². The minimum Gasteiger partial charge on any atom is -0.481 e. The van der Waals surface area contributed by atoms with E-state index in [-0.39, 0.29) is 32.0 Å². The highest BCUT2D eigenvalue weighted by Gasteiger charge is 2.04. The molecule has 0 bridgehead atoms. The van der Waals surface area contributed by atoms with Crippen LogP contribution in [0.15, 0.2) is 0 Å². The van der Waals surface area contributed by atoms with E-state index >= 15 is 0 Å². The highest BCUT2D eigenvalue weighted by atomic mass is 16.6. The molecule has 250 valence electrons. The maximum absolute atomic E-state index is 11.5. The fraction of sp³-hybridized carbons (Fsp3) is 0.931. The monoisotopic (exact) mass is 612 g/mol. The molecular weight excluding hydrogens is 556 g/mol. The molecule has 1 N–H and O–H groups in total. The van der Waals surface area contributed by atoms with E-state index in [1.807, 2.05) is 0 Å². The molecule has 0 fully saturated rings. The van der Waals surface area contributed by atoms with Crippen molar-refractivity contribution < 1.29 is 62.1 Å². The Labute approximate surface area is 251 Å². The predicted octanol–water partition coefficient (Wildman–Crippen LogP) is 2.51. The van der Waals surface area contributed by atoms with Crippen molar-refractivity contribution in [1.29, 1.82) is 0 Å². The number of unbranched alkanes of at least 4 members (excludes halogenated alkanes) is 3. The first-order valence-electron chi connectivity index (χ1n) is 15.2. The van der Waals surface area contributed by atoms with Gasteiger partial charge >= 0.3 is 11.9 Å². The quantitative estimate of drug-likeness (QED) is 0.0817. The van der Waals surface area contributed by atoms with E-state index in [9.17, 15) is 9.59 Å². The lowest BCUT2D eigenvalue weighted by molar-refractivity contribution is -0.146. The molecule has 0 saturated carbocycles. The minimum absolute atomic E-state index is 0.0634. The van der Waals surface area contributed by atoms with Crippen LogP contribution in [0.25, 0.3) is 0 Å². The van der Waals surface area contributed by atoms with Crippen LogP contribution >= 0.6 is 0 Å². The number of carboxylic acid groups (broad SMARTS) is 1. The summed E-state index contributed by atoms with van der Waals surface area (Å²) >= 11 is 0. The molecule has 0 unspecified atom stereocenters. The minimum atomic E-state index is -0.860. The van der Waals surface area contributed by atoms with Crippen LogP contribution in [0.4, 0.5) is 0 Å². The van der Waals surface area contributed by atoms with E-state index in [4.69, 9.17) is 52.5 Å².